The van der Waals surface area contributed by atoms with E-state index in [1.54, 1.807) is 7.11 Å². The number of likely N-dealkylation sites (tertiary alicyclic amines) is 1. The molecule has 1 aromatic carbocycles. The Morgan fingerprint density at radius 2 is 2.04 bits per heavy atom. The number of hydrogen-bond acceptors (Lipinski definition) is 4. The minimum Gasteiger partial charge on any atom is -0.496 e. The van der Waals surface area contributed by atoms with Crippen LogP contribution in [0.25, 0.3) is 0 Å². The van der Waals surface area contributed by atoms with Crippen LogP contribution >= 0.6 is 35.3 Å². The number of guanidine groups is 1. The lowest BCUT2D eigenvalue weighted by molar-refractivity contribution is 0.249. The standard InChI is InChI=1S/C21H30N4OS.HI/c1-16-8-9-17(13-19(16)26-3)14-23-21(22-2)24-15-18(20-7-6-12-27-20)25-10-4-5-11-25;/h6-9,12-13,18H,4-5,10-11,14-15H2,1-3H3,(H2,22,23,24);1H. The molecular weight excluding hydrogens is 483 g/mol. The van der Waals surface area contributed by atoms with Crippen molar-refractivity contribution in [2.45, 2.75) is 32.4 Å². The monoisotopic (exact) mass is 514 g/mol. The van der Waals surface area contributed by atoms with Crippen LogP contribution in [0, 0.1) is 6.92 Å². The summed E-state index contributed by atoms with van der Waals surface area (Å²) in [5.74, 6) is 1.75. The zero-order valence-electron chi connectivity index (χ0n) is 16.9. The number of methoxy groups -OCH3 is 1. The van der Waals surface area contributed by atoms with E-state index in [-0.39, 0.29) is 24.0 Å². The van der Waals surface area contributed by atoms with E-state index in [2.05, 4.69) is 63.2 Å². The van der Waals surface area contributed by atoms with Crippen LogP contribution < -0.4 is 15.4 Å². The number of aliphatic imine (C=N–C) groups is 1. The van der Waals surface area contributed by atoms with E-state index in [0.717, 1.165) is 23.8 Å². The molecular formula is C21H31IN4OS. The molecule has 0 spiro atoms. The van der Waals surface area contributed by atoms with Gasteiger partial charge in [0.1, 0.15) is 5.75 Å². The normalized spacial score (nSPS) is 15.8. The maximum absolute atomic E-state index is 5.42. The summed E-state index contributed by atoms with van der Waals surface area (Å²) in [5, 5.41) is 9.10. The van der Waals surface area contributed by atoms with Crippen molar-refractivity contribution in [1.82, 2.24) is 15.5 Å². The van der Waals surface area contributed by atoms with E-state index in [0.29, 0.717) is 12.6 Å². The van der Waals surface area contributed by atoms with Crippen LogP contribution in [0.4, 0.5) is 0 Å². The first-order valence-corrected chi connectivity index (χ1v) is 10.4. The fourth-order valence-electron chi connectivity index (χ4n) is 3.52. The van der Waals surface area contributed by atoms with Gasteiger partial charge in [-0.15, -0.1) is 35.3 Å². The number of nitrogens with zero attached hydrogens (tertiary/aromatic N) is 2. The number of benzene rings is 1. The highest BCUT2D eigenvalue weighted by molar-refractivity contribution is 14.0. The molecule has 2 aromatic rings. The molecule has 1 saturated heterocycles. The highest BCUT2D eigenvalue weighted by Gasteiger charge is 2.24. The van der Waals surface area contributed by atoms with Crippen LogP contribution in [-0.2, 0) is 6.54 Å². The summed E-state index contributed by atoms with van der Waals surface area (Å²) >= 11 is 1.84. The third kappa shape index (κ3) is 6.09. The van der Waals surface area contributed by atoms with Crippen molar-refractivity contribution in [3.8, 4) is 5.75 Å². The Hall–Kier alpha value is -1.32. The Bertz CT molecular complexity index is 745. The molecule has 1 aliphatic rings. The summed E-state index contributed by atoms with van der Waals surface area (Å²) in [4.78, 5) is 8.39. The third-order valence-electron chi connectivity index (χ3n) is 5.07. The fourth-order valence-corrected chi connectivity index (χ4v) is 4.38. The molecule has 1 atom stereocenters. The van der Waals surface area contributed by atoms with Crippen LogP contribution in [0.1, 0.15) is 34.9 Å². The topological polar surface area (TPSA) is 48.9 Å². The van der Waals surface area contributed by atoms with Crippen molar-refractivity contribution in [3.05, 3.63) is 51.7 Å². The summed E-state index contributed by atoms with van der Waals surface area (Å²) in [6.45, 7) is 5.99. The first-order chi connectivity index (χ1) is 13.2. The van der Waals surface area contributed by atoms with Crippen LogP contribution in [-0.4, -0.2) is 44.7 Å². The van der Waals surface area contributed by atoms with Gasteiger partial charge in [0.2, 0.25) is 0 Å². The van der Waals surface area contributed by atoms with Gasteiger partial charge in [0.25, 0.3) is 0 Å². The number of thiophene rings is 1. The molecule has 0 amide bonds. The second kappa shape index (κ2) is 11.6. The van der Waals surface area contributed by atoms with Crippen LogP contribution in [0.2, 0.25) is 0 Å². The van der Waals surface area contributed by atoms with E-state index in [9.17, 15) is 0 Å². The number of hydrogen-bond donors (Lipinski definition) is 2. The van der Waals surface area contributed by atoms with E-state index < -0.39 is 0 Å². The molecule has 7 heteroatoms. The lowest BCUT2D eigenvalue weighted by Crippen LogP contribution is -2.42. The van der Waals surface area contributed by atoms with Gasteiger partial charge in [0.05, 0.1) is 13.2 Å². The zero-order chi connectivity index (χ0) is 19.1. The van der Waals surface area contributed by atoms with Gasteiger partial charge >= 0.3 is 0 Å². The SMILES string of the molecule is CN=C(NCc1ccc(C)c(OC)c1)NCC(c1cccs1)N1CCCC1.I. The summed E-state index contributed by atoms with van der Waals surface area (Å²) in [7, 11) is 3.53. The average Bonchev–Trinajstić information content (AvgIpc) is 3.40. The number of halogens is 1. The van der Waals surface area contributed by atoms with Crippen molar-refractivity contribution in [2.75, 3.05) is 33.8 Å². The first-order valence-electron chi connectivity index (χ1n) is 9.56. The number of rotatable bonds is 7. The van der Waals surface area contributed by atoms with Gasteiger partial charge < -0.3 is 15.4 Å². The smallest absolute Gasteiger partial charge is 0.191 e. The molecule has 2 N–H and O–H groups in total. The van der Waals surface area contributed by atoms with Gasteiger partial charge in [-0.1, -0.05) is 18.2 Å². The Balaban J connectivity index is 0.00000280. The number of nitrogens with one attached hydrogen (secondary N) is 2. The minimum absolute atomic E-state index is 0. The van der Waals surface area contributed by atoms with Gasteiger partial charge in [0, 0.05) is 25.0 Å². The molecule has 3 rings (SSSR count). The van der Waals surface area contributed by atoms with Crippen molar-refractivity contribution in [1.29, 1.82) is 0 Å². The Morgan fingerprint density at radius 1 is 1.25 bits per heavy atom. The Kier molecular flexibility index (Phi) is 9.53. The highest BCUT2D eigenvalue weighted by atomic mass is 127. The molecule has 2 heterocycles. The number of aryl methyl sites for hydroxylation is 1. The van der Waals surface area contributed by atoms with Gasteiger partial charge in [-0.05, 0) is 61.5 Å². The van der Waals surface area contributed by atoms with E-state index in [1.165, 1.54) is 36.4 Å². The van der Waals surface area contributed by atoms with Crippen molar-refractivity contribution in [2.24, 2.45) is 4.99 Å². The van der Waals surface area contributed by atoms with Crippen molar-refractivity contribution in [3.63, 3.8) is 0 Å². The maximum Gasteiger partial charge on any atom is 0.191 e. The van der Waals surface area contributed by atoms with E-state index in [1.807, 2.05) is 18.4 Å². The molecule has 1 aromatic heterocycles. The first kappa shape index (κ1) is 23.0. The summed E-state index contributed by atoms with van der Waals surface area (Å²) in [5.41, 5.74) is 2.32. The second-order valence-corrected chi connectivity index (χ2v) is 7.86. The largest absolute Gasteiger partial charge is 0.496 e. The predicted octanol–water partition coefficient (Wildman–Crippen LogP) is 4.19. The molecule has 0 bridgehead atoms. The Morgan fingerprint density at radius 3 is 2.68 bits per heavy atom. The molecule has 1 aliphatic heterocycles. The molecule has 0 radical (unpaired) electrons. The van der Waals surface area contributed by atoms with Crippen molar-refractivity contribution >= 4 is 41.3 Å². The van der Waals surface area contributed by atoms with E-state index >= 15 is 0 Å². The van der Waals surface area contributed by atoms with E-state index in [4.69, 9.17) is 4.74 Å². The average molecular weight is 514 g/mol. The molecule has 0 aliphatic carbocycles. The van der Waals surface area contributed by atoms with Crippen LogP contribution in [0.3, 0.4) is 0 Å². The highest BCUT2D eigenvalue weighted by Crippen LogP contribution is 2.27. The Labute approximate surface area is 189 Å². The zero-order valence-corrected chi connectivity index (χ0v) is 20.1. The minimum atomic E-state index is 0. The fraction of sp³-hybridized carbons (Fsp3) is 0.476. The van der Waals surface area contributed by atoms with Crippen LogP contribution in [0.5, 0.6) is 5.75 Å². The molecule has 1 unspecified atom stereocenters. The van der Waals surface area contributed by atoms with Gasteiger partial charge in [-0.3, -0.25) is 9.89 Å². The molecule has 28 heavy (non-hydrogen) atoms. The van der Waals surface area contributed by atoms with Gasteiger partial charge in [-0.25, -0.2) is 0 Å². The summed E-state index contributed by atoms with van der Waals surface area (Å²) in [6.07, 6.45) is 2.59. The van der Waals surface area contributed by atoms with Gasteiger partial charge in [0.15, 0.2) is 5.96 Å². The number of ether oxygens (including phenoxy) is 1. The van der Waals surface area contributed by atoms with Gasteiger partial charge in [-0.2, -0.15) is 0 Å². The molecule has 154 valence electrons. The van der Waals surface area contributed by atoms with Crippen LogP contribution in [0.15, 0.2) is 40.7 Å². The van der Waals surface area contributed by atoms with Crippen molar-refractivity contribution < 1.29 is 4.74 Å². The second-order valence-electron chi connectivity index (χ2n) is 6.88. The molecule has 1 fully saturated rings. The predicted molar refractivity (Wildman–Crippen MR) is 129 cm³/mol. The third-order valence-corrected chi connectivity index (χ3v) is 6.05. The lowest BCUT2D eigenvalue weighted by atomic mass is 10.1. The quantitative estimate of drug-likeness (QED) is 0.331. The maximum atomic E-state index is 5.42. The molecule has 0 saturated carbocycles. The lowest BCUT2D eigenvalue weighted by Gasteiger charge is -2.27. The summed E-state index contributed by atoms with van der Waals surface area (Å²) < 4.78 is 5.42. The summed E-state index contributed by atoms with van der Waals surface area (Å²) in [6, 6.07) is 11.1. The molecule has 5 nitrogen and oxygen atoms in total.